The smallest absolute Gasteiger partial charge is 0.196 e. The SMILES string of the molecule is COc1cc(C)c2c(=O)c3c(oc2c1)CCC3. The molecule has 0 spiro atoms. The van der Waals surface area contributed by atoms with E-state index in [9.17, 15) is 4.79 Å². The molecule has 0 radical (unpaired) electrons. The highest BCUT2D eigenvalue weighted by Gasteiger charge is 2.20. The molecule has 0 aliphatic heterocycles. The number of methoxy groups -OCH3 is 1. The van der Waals surface area contributed by atoms with Gasteiger partial charge in [0.25, 0.3) is 0 Å². The largest absolute Gasteiger partial charge is 0.497 e. The van der Waals surface area contributed by atoms with Crippen LogP contribution in [0.3, 0.4) is 0 Å². The minimum atomic E-state index is 0.138. The number of rotatable bonds is 1. The Morgan fingerprint density at radius 2 is 2.12 bits per heavy atom. The fourth-order valence-corrected chi connectivity index (χ4v) is 2.56. The van der Waals surface area contributed by atoms with Gasteiger partial charge in [-0.1, -0.05) is 0 Å². The van der Waals surface area contributed by atoms with Crippen LogP contribution in [0.5, 0.6) is 5.75 Å². The summed E-state index contributed by atoms with van der Waals surface area (Å²) in [5.74, 6) is 1.59. The van der Waals surface area contributed by atoms with Crippen molar-refractivity contribution in [3.63, 3.8) is 0 Å². The molecule has 0 bridgehead atoms. The van der Waals surface area contributed by atoms with Gasteiger partial charge in [-0.3, -0.25) is 4.79 Å². The Labute approximate surface area is 99.0 Å². The maximum Gasteiger partial charge on any atom is 0.196 e. The van der Waals surface area contributed by atoms with Gasteiger partial charge < -0.3 is 9.15 Å². The van der Waals surface area contributed by atoms with Crippen LogP contribution in [0.25, 0.3) is 11.0 Å². The maximum atomic E-state index is 12.3. The first-order valence-corrected chi connectivity index (χ1v) is 5.84. The quantitative estimate of drug-likeness (QED) is 0.756. The van der Waals surface area contributed by atoms with Gasteiger partial charge in [0, 0.05) is 18.1 Å². The Kier molecular flexibility index (Phi) is 2.21. The molecule has 2 aromatic rings. The summed E-state index contributed by atoms with van der Waals surface area (Å²) in [5, 5.41) is 0.700. The van der Waals surface area contributed by atoms with Crippen LogP contribution in [0.2, 0.25) is 0 Å². The van der Waals surface area contributed by atoms with E-state index in [0.29, 0.717) is 11.0 Å². The van der Waals surface area contributed by atoms with Crippen molar-refractivity contribution in [3.05, 3.63) is 39.2 Å². The molecule has 3 heteroatoms. The Morgan fingerprint density at radius 1 is 1.29 bits per heavy atom. The first kappa shape index (κ1) is 10.4. The molecular weight excluding hydrogens is 216 g/mol. The number of ether oxygens (including phenoxy) is 1. The van der Waals surface area contributed by atoms with Crippen molar-refractivity contribution in [2.75, 3.05) is 7.11 Å². The molecule has 3 nitrogen and oxygen atoms in total. The van der Waals surface area contributed by atoms with Crippen LogP contribution in [0, 0.1) is 6.92 Å². The summed E-state index contributed by atoms with van der Waals surface area (Å²) >= 11 is 0. The molecule has 1 aliphatic rings. The van der Waals surface area contributed by atoms with Gasteiger partial charge >= 0.3 is 0 Å². The molecule has 0 amide bonds. The minimum Gasteiger partial charge on any atom is -0.497 e. The molecule has 0 saturated carbocycles. The summed E-state index contributed by atoms with van der Waals surface area (Å²) in [5.41, 5.74) is 2.57. The standard InChI is InChI=1S/C14H14O3/c1-8-6-9(16-2)7-12-13(8)14(15)10-4-3-5-11(10)17-12/h6-7H,3-5H2,1-2H3. The molecular formula is C14H14O3. The van der Waals surface area contributed by atoms with E-state index in [2.05, 4.69) is 0 Å². The second-order valence-electron chi connectivity index (χ2n) is 4.50. The van der Waals surface area contributed by atoms with Crippen LogP contribution in [0.4, 0.5) is 0 Å². The third-order valence-electron chi connectivity index (χ3n) is 3.41. The topological polar surface area (TPSA) is 39.4 Å². The third-order valence-corrected chi connectivity index (χ3v) is 3.41. The van der Waals surface area contributed by atoms with Crippen LogP contribution in [0.15, 0.2) is 21.3 Å². The summed E-state index contributed by atoms with van der Waals surface area (Å²) in [4.78, 5) is 12.3. The van der Waals surface area contributed by atoms with Crippen LogP contribution in [0.1, 0.15) is 23.3 Å². The summed E-state index contributed by atoms with van der Waals surface area (Å²) in [6, 6.07) is 3.67. The van der Waals surface area contributed by atoms with Crippen molar-refractivity contribution < 1.29 is 9.15 Å². The highest BCUT2D eigenvalue weighted by molar-refractivity contribution is 5.82. The fraction of sp³-hybridized carbons (Fsp3) is 0.357. The zero-order valence-corrected chi connectivity index (χ0v) is 10.0. The van der Waals surface area contributed by atoms with Gasteiger partial charge in [0.1, 0.15) is 17.1 Å². The van der Waals surface area contributed by atoms with E-state index in [0.717, 1.165) is 41.9 Å². The lowest BCUT2D eigenvalue weighted by atomic mass is 10.1. The number of aryl methyl sites for hydroxylation is 2. The molecule has 0 N–H and O–H groups in total. The molecule has 88 valence electrons. The lowest BCUT2D eigenvalue weighted by Gasteiger charge is -2.07. The van der Waals surface area contributed by atoms with Crippen LogP contribution >= 0.6 is 0 Å². The fourth-order valence-electron chi connectivity index (χ4n) is 2.56. The molecule has 3 rings (SSSR count). The Bertz CT molecular complexity index is 653. The predicted molar refractivity (Wildman–Crippen MR) is 65.8 cm³/mol. The number of benzene rings is 1. The zero-order chi connectivity index (χ0) is 12.0. The van der Waals surface area contributed by atoms with Crippen LogP contribution < -0.4 is 10.2 Å². The average Bonchev–Trinajstić information content (AvgIpc) is 2.76. The first-order valence-electron chi connectivity index (χ1n) is 5.84. The molecule has 1 aromatic carbocycles. The molecule has 1 aromatic heterocycles. The van der Waals surface area contributed by atoms with E-state index < -0.39 is 0 Å². The molecule has 17 heavy (non-hydrogen) atoms. The highest BCUT2D eigenvalue weighted by Crippen LogP contribution is 2.28. The number of hydrogen-bond acceptors (Lipinski definition) is 3. The first-order chi connectivity index (χ1) is 8.20. The summed E-state index contributed by atoms with van der Waals surface area (Å²) in [7, 11) is 1.62. The zero-order valence-electron chi connectivity index (χ0n) is 10.0. The monoisotopic (exact) mass is 230 g/mol. The molecule has 1 aliphatic carbocycles. The second-order valence-corrected chi connectivity index (χ2v) is 4.50. The van der Waals surface area contributed by atoms with Crippen molar-refractivity contribution in [1.82, 2.24) is 0 Å². The number of hydrogen-bond donors (Lipinski definition) is 0. The summed E-state index contributed by atoms with van der Waals surface area (Å²) in [6.07, 6.45) is 2.73. The summed E-state index contributed by atoms with van der Waals surface area (Å²) < 4.78 is 11.0. The van der Waals surface area contributed by atoms with E-state index in [1.807, 2.05) is 13.0 Å². The summed E-state index contributed by atoms with van der Waals surface area (Å²) in [6.45, 7) is 1.92. The van der Waals surface area contributed by atoms with E-state index in [1.165, 1.54) is 0 Å². The molecule has 0 unspecified atom stereocenters. The lowest BCUT2D eigenvalue weighted by molar-refractivity contribution is 0.413. The van der Waals surface area contributed by atoms with Gasteiger partial charge in [0.2, 0.25) is 0 Å². The molecule has 1 heterocycles. The minimum absolute atomic E-state index is 0.138. The van der Waals surface area contributed by atoms with Crippen molar-refractivity contribution in [2.24, 2.45) is 0 Å². The van der Waals surface area contributed by atoms with Crippen molar-refractivity contribution in [2.45, 2.75) is 26.2 Å². The number of fused-ring (bicyclic) bond motifs is 2. The van der Waals surface area contributed by atoms with E-state index >= 15 is 0 Å². The van der Waals surface area contributed by atoms with Crippen LogP contribution in [-0.4, -0.2) is 7.11 Å². The van der Waals surface area contributed by atoms with Gasteiger partial charge in [0.05, 0.1) is 12.5 Å². The average molecular weight is 230 g/mol. The lowest BCUT2D eigenvalue weighted by Crippen LogP contribution is -2.09. The highest BCUT2D eigenvalue weighted by atomic mass is 16.5. The molecule has 0 saturated heterocycles. The van der Waals surface area contributed by atoms with E-state index in [-0.39, 0.29) is 5.43 Å². The van der Waals surface area contributed by atoms with Crippen molar-refractivity contribution in [3.8, 4) is 5.75 Å². The second kappa shape index (κ2) is 3.62. The van der Waals surface area contributed by atoms with Gasteiger partial charge in [-0.25, -0.2) is 0 Å². The van der Waals surface area contributed by atoms with Gasteiger partial charge in [-0.15, -0.1) is 0 Å². The van der Waals surface area contributed by atoms with Gasteiger partial charge in [-0.2, -0.15) is 0 Å². The molecule has 0 atom stereocenters. The Morgan fingerprint density at radius 3 is 2.88 bits per heavy atom. The van der Waals surface area contributed by atoms with Crippen LogP contribution in [-0.2, 0) is 12.8 Å². The van der Waals surface area contributed by atoms with Crippen molar-refractivity contribution >= 4 is 11.0 Å². The third kappa shape index (κ3) is 1.46. The Hall–Kier alpha value is -1.77. The van der Waals surface area contributed by atoms with E-state index in [4.69, 9.17) is 9.15 Å². The van der Waals surface area contributed by atoms with Crippen molar-refractivity contribution in [1.29, 1.82) is 0 Å². The van der Waals surface area contributed by atoms with Gasteiger partial charge in [-0.05, 0) is 31.4 Å². The normalized spacial score (nSPS) is 14.0. The Balaban J connectivity index is 2.43. The maximum absolute atomic E-state index is 12.3. The predicted octanol–water partition coefficient (Wildman–Crippen LogP) is 2.60. The van der Waals surface area contributed by atoms with E-state index in [1.54, 1.807) is 13.2 Å². The molecule has 0 fully saturated rings. The van der Waals surface area contributed by atoms with Gasteiger partial charge in [0.15, 0.2) is 5.43 Å².